The summed E-state index contributed by atoms with van der Waals surface area (Å²) in [5.41, 5.74) is 1.18. The van der Waals surface area contributed by atoms with E-state index in [0.29, 0.717) is 34.6 Å². The Labute approximate surface area is 172 Å². The van der Waals surface area contributed by atoms with Crippen LogP contribution in [0.1, 0.15) is 29.5 Å². The van der Waals surface area contributed by atoms with Gasteiger partial charge in [0.2, 0.25) is 5.91 Å². The number of carbonyl (C=O) groups excluding carboxylic acids is 2. The number of hydrogen-bond donors (Lipinski definition) is 1. The largest absolute Gasteiger partial charge is 0.352 e. The van der Waals surface area contributed by atoms with Gasteiger partial charge in [0.25, 0.3) is 5.91 Å². The highest BCUT2D eigenvalue weighted by molar-refractivity contribution is 7.98. The number of rotatable bonds is 5. The molecule has 142 valence electrons. The van der Waals surface area contributed by atoms with Crippen LogP contribution in [0.25, 0.3) is 0 Å². The van der Waals surface area contributed by atoms with E-state index in [9.17, 15) is 9.59 Å². The fraction of sp³-hybridized carbons (Fsp3) is 0.316. The maximum absolute atomic E-state index is 12.7. The minimum atomic E-state index is -0.120. The Morgan fingerprint density at radius 3 is 2.63 bits per heavy atom. The van der Waals surface area contributed by atoms with Crippen LogP contribution < -0.4 is 5.32 Å². The number of carbonyl (C=O) groups is 2. The molecule has 1 saturated heterocycles. The van der Waals surface area contributed by atoms with Crippen molar-refractivity contribution in [3.63, 3.8) is 0 Å². The van der Waals surface area contributed by atoms with E-state index in [-0.39, 0.29) is 17.9 Å². The van der Waals surface area contributed by atoms with Crippen molar-refractivity contribution < 1.29 is 9.59 Å². The SMILES string of the molecule is CC(=O)NC1CCN(C(=O)c2cccc(CSc3c(Cl)cccc3Cl)n2)C1. The Morgan fingerprint density at radius 1 is 1.22 bits per heavy atom. The number of nitrogens with zero attached hydrogens (tertiary/aromatic N) is 2. The van der Waals surface area contributed by atoms with Crippen LogP contribution in [-0.2, 0) is 10.5 Å². The Hall–Kier alpha value is -1.76. The lowest BCUT2D eigenvalue weighted by atomic mass is 10.2. The molecule has 2 amide bonds. The van der Waals surface area contributed by atoms with Crippen LogP contribution >= 0.6 is 35.0 Å². The molecule has 1 fully saturated rings. The fourth-order valence-electron chi connectivity index (χ4n) is 2.96. The van der Waals surface area contributed by atoms with E-state index in [2.05, 4.69) is 10.3 Å². The number of halogens is 2. The van der Waals surface area contributed by atoms with Crippen LogP contribution in [-0.4, -0.2) is 40.8 Å². The molecule has 1 aromatic heterocycles. The third-order valence-electron chi connectivity index (χ3n) is 4.19. The molecule has 1 unspecified atom stereocenters. The summed E-state index contributed by atoms with van der Waals surface area (Å²) >= 11 is 13.9. The summed E-state index contributed by atoms with van der Waals surface area (Å²) in [5, 5.41) is 4.05. The van der Waals surface area contributed by atoms with E-state index in [1.54, 1.807) is 29.2 Å². The van der Waals surface area contributed by atoms with E-state index in [1.165, 1.54) is 18.7 Å². The topological polar surface area (TPSA) is 62.3 Å². The van der Waals surface area contributed by atoms with Crippen LogP contribution in [0.3, 0.4) is 0 Å². The van der Waals surface area contributed by atoms with E-state index in [1.807, 2.05) is 12.1 Å². The number of likely N-dealkylation sites (tertiary alicyclic amines) is 1. The predicted octanol–water partition coefficient (Wildman–Crippen LogP) is 4.03. The zero-order valence-corrected chi connectivity index (χ0v) is 17.1. The second-order valence-corrected chi connectivity index (χ2v) is 8.09. The molecule has 0 bridgehead atoms. The van der Waals surface area contributed by atoms with Crippen LogP contribution in [0.15, 0.2) is 41.3 Å². The third-order valence-corrected chi connectivity index (χ3v) is 6.21. The van der Waals surface area contributed by atoms with Gasteiger partial charge < -0.3 is 10.2 Å². The number of nitrogens with one attached hydrogen (secondary N) is 1. The molecule has 1 atom stereocenters. The lowest BCUT2D eigenvalue weighted by Gasteiger charge is -2.16. The van der Waals surface area contributed by atoms with Gasteiger partial charge in [-0.05, 0) is 30.7 Å². The Morgan fingerprint density at radius 2 is 1.93 bits per heavy atom. The Kier molecular flexibility index (Phi) is 6.63. The van der Waals surface area contributed by atoms with Crippen molar-refractivity contribution in [2.75, 3.05) is 13.1 Å². The molecule has 1 aliphatic heterocycles. The van der Waals surface area contributed by atoms with Gasteiger partial charge in [-0.25, -0.2) is 4.98 Å². The number of aromatic nitrogens is 1. The minimum absolute atomic E-state index is 0.00699. The zero-order chi connectivity index (χ0) is 19.4. The highest BCUT2D eigenvalue weighted by Gasteiger charge is 2.28. The lowest BCUT2D eigenvalue weighted by molar-refractivity contribution is -0.119. The first-order valence-corrected chi connectivity index (χ1v) is 10.3. The maximum Gasteiger partial charge on any atom is 0.272 e. The summed E-state index contributed by atoms with van der Waals surface area (Å²) in [6.45, 7) is 2.60. The molecule has 1 N–H and O–H groups in total. The van der Waals surface area contributed by atoms with E-state index >= 15 is 0 Å². The minimum Gasteiger partial charge on any atom is -0.352 e. The zero-order valence-electron chi connectivity index (χ0n) is 14.7. The van der Waals surface area contributed by atoms with Gasteiger partial charge in [0.05, 0.1) is 15.7 Å². The first-order chi connectivity index (χ1) is 12.9. The number of thioether (sulfide) groups is 1. The molecule has 8 heteroatoms. The smallest absolute Gasteiger partial charge is 0.272 e. The first kappa shape index (κ1) is 20.0. The van der Waals surface area contributed by atoms with Crippen molar-refractivity contribution in [2.24, 2.45) is 0 Å². The fourth-order valence-corrected chi connectivity index (χ4v) is 4.55. The van der Waals surface area contributed by atoms with Crippen molar-refractivity contribution in [3.05, 3.63) is 57.8 Å². The standard InChI is InChI=1S/C19H19Cl2N3O2S/c1-12(25)22-13-8-9-24(10-13)19(26)17-7-2-4-14(23-17)11-27-18-15(20)5-3-6-16(18)21/h2-7,13H,8-11H2,1H3,(H,22,25). The van der Waals surface area contributed by atoms with Crippen molar-refractivity contribution in [1.82, 2.24) is 15.2 Å². The van der Waals surface area contributed by atoms with Gasteiger partial charge in [0, 0.05) is 36.7 Å². The van der Waals surface area contributed by atoms with E-state index in [0.717, 1.165) is 17.0 Å². The van der Waals surface area contributed by atoms with Gasteiger partial charge in [-0.2, -0.15) is 0 Å². The summed E-state index contributed by atoms with van der Waals surface area (Å²) in [4.78, 5) is 30.9. The third kappa shape index (κ3) is 5.15. The van der Waals surface area contributed by atoms with Gasteiger partial charge in [-0.15, -0.1) is 11.8 Å². The monoisotopic (exact) mass is 423 g/mol. The number of amides is 2. The second-order valence-electron chi connectivity index (χ2n) is 6.29. The average Bonchev–Trinajstić information content (AvgIpc) is 3.08. The van der Waals surface area contributed by atoms with Crippen molar-refractivity contribution in [3.8, 4) is 0 Å². The summed E-state index contributed by atoms with van der Waals surface area (Å²) < 4.78 is 0. The maximum atomic E-state index is 12.7. The van der Waals surface area contributed by atoms with Gasteiger partial charge >= 0.3 is 0 Å². The first-order valence-electron chi connectivity index (χ1n) is 8.53. The molecule has 3 rings (SSSR count). The van der Waals surface area contributed by atoms with Gasteiger partial charge in [-0.1, -0.05) is 35.3 Å². The van der Waals surface area contributed by atoms with Crippen LogP contribution in [0.5, 0.6) is 0 Å². The van der Waals surface area contributed by atoms with Gasteiger partial charge in [0.15, 0.2) is 0 Å². The molecule has 0 saturated carbocycles. The quantitative estimate of drug-likeness (QED) is 0.737. The average molecular weight is 424 g/mol. The molecule has 2 aromatic rings. The van der Waals surface area contributed by atoms with Crippen molar-refractivity contribution >= 4 is 46.8 Å². The summed E-state index contributed by atoms with van der Waals surface area (Å²) in [5.74, 6) is 0.356. The molecule has 5 nitrogen and oxygen atoms in total. The molecule has 0 aliphatic carbocycles. The van der Waals surface area contributed by atoms with Crippen LogP contribution in [0.2, 0.25) is 10.0 Å². The molecule has 27 heavy (non-hydrogen) atoms. The lowest BCUT2D eigenvalue weighted by Crippen LogP contribution is -2.37. The van der Waals surface area contributed by atoms with E-state index < -0.39 is 0 Å². The van der Waals surface area contributed by atoms with Gasteiger partial charge in [-0.3, -0.25) is 9.59 Å². The molecular weight excluding hydrogens is 405 g/mol. The van der Waals surface area contributed by atoms with Crippen molar-refractivity contribution in [1.29, 1.82) is 0 Å². The Bertz CT molecular complexity index is 842. The second kappa shape index (κ2) is 8.95. The highest BCUT2D eigenvalue weighted by atomic mass is 35.5. The normalized spacial score (nSPS) is 16.4. The Balaban J connectivity index is 1.65. The summed E-state index contributed by atoms with van der Waals surface area (Å²) in [7, 11) is 0. The predicted molar refractivity (Wildman–Crippen MR) is 108 cm³/mol. The molecule has 2 heterocycles. The number of pyridine rings is 1. The van der Waals surface area contributed by atoms with E-state index in [4.69, 9.17) is 23.2 Å². The van der Waals surface area contributed by atoms with Crippen molar-refractivity contribution in [2.45, 2.75) is 30.0 Å². The van der Waals surface area contributed by atoms with Crippen LogP contribution in [0, 0.1) is 0 Å². The molecule has 1 aliphatic rings. The van der Waals surface area contributed by atoms with Gasteiger partial charge in [0.1, 0.15) is 5.69 Å². The van der Waals surface area contributed by atoms with Crippen LogP contribution in [0.4, 0.5) is 0 Å². The molecular formula is C19H19Cl2N3O2S. The molecule has 1 aromatic carbocycles. The molecule has 0 radical (unpaired) electrons. The highest BCUT2D eigenvalue weighted by Crippen LogP contribution is 2.35. The number of benzene rings is 1. The summed E-state index contributed by atoms with van der Waals surface area (Å²) in [6, 6.07) is 10.8. The molecule has 0 spiro atoms. The number of hydrogen-bond acceptors (Lipinski definition) is 4. The summed E-state index contributed by atoms with van der Waals surface area (Å²) in [6.07, 6.45) is 0.756.